The third-order valence-electron chi connectivity index (χ3n) is 4.09. The minimum Gasteiger partial charge on any atom is -0.497 e. The smallest absolute Gasteiger partial charge is 0.238 e. The maximum atomic E-state index is 12.3. The number of hydrogen-bond acceptors (Lipinski definition) is 4. The number of nitrogens with one attached hydrogen (secondary N) is 1. The molecule has 0 spiro atoms. The number of methoxy groups -OCH3 is 1. The molecular formula is C19H21BrN2O3. The van der Waals surface area contributed by atoms with Crippen LogP contribution in [0.5, 0.6) is 5.75 Å². The molecule has 6 heteroatoms. The van der Waals surface area contributed by atoms with Crippen molar-refractivity contribution in [2.45, 2.75) is 6.10 Å². The van der Waals surface area contributed by atoms with Crippen LogP contribution in [0.2, 0.25) is 0 Å². The van der Waals surface area contributed by atoms with E-state index in [-0.39, 0.29) is 12.0 Å². The third-order valence-corrected chi connectivity index (χ3v) is 4.58. The zero-order valence-corrected chi connectivity index (χ0v) is 15.7. The second-order valence-corrected chi connectivity index (χ2v) is 6.85. The zero-order chi connectivity index (χ0) is 17.6. The molecule has 1 heterocycles. The number of hydrogen-bond donors (Lipinski definition) is 1. The van der Waals surface area contributed by atoms with Crippen LogP contribution < -0.4 is 10.1 Å². The van der Waals surface area contributed by atoms with Crippen molar-refractivity contribution in [3.05, 3.63) is 58.6 Å². The van der Waals surface area contributed by atoms with Gasteiger partial charge >= 0.3 is 0 Å². The summed E-state index contributed by atoms with van der Waals surface area (Å²) in [5, 5.41) is 2.92. The van der Waals surface area contributed by atoms with Gasteiger partial charge in [-0.05, 0) is 29.8 Å². The van der Waals surface area contributed by atoms with Crippen LogP contribution in [0, 0.1) is 0 Å². The molecule has 1 N–H and O–H groups in total. The first-order valence-corrected chi connectivity index (χ1v) is 8.96. The number of benzene rings is 2. The summed E-state index contributed by atoms with van der Waals surface area (Å²) in [6, 6.07) is 15.5. The summed E-state index contributed by atoms with van der Waals surface area (Å²) >= 11 is 3.49. The molecule has 1 aliphatic heterocycles. The highest BCUT2D eigenvalue weighted by Gasteiger charge is 2.23. The number of carbonyl (C=O) groups is 1. The highest BCUT2D eigenvalue weighted by molar-refractivity contribution is 9.10. The average molecular weight is 405 g/mol. The monoisotopic (exact) mass is 404 g/mol. The average Bonchev–Trinajstić information content (AvgIpc) is 2.62. The lowest BCUT2D eigenvalue weighted by atomic mass is 10.1. The summed E-state index contributed by atoms with van der Waals surface area (Å²) in [4.78, 5) is 14.5. The molecule has 132 valence electrons. The number of rotatable bonds is 5. The van der Waals surface area contributed by atoms with Gasteiger partial charge in [0.1, 0.15) is 5.75 Å². The van der Waals surface area contributed by atoms with Crippen molar-refractivity contribution in [2.75, 3.05) is 38.7 Å². The molecule has 1 amide bonds. The third kappa shape index (κ3) is 5.04. The number of morpholine rings is 1. The molecule has 1 saturated heterocycles. The van der Waals surface area contributed by atoms with Crippen molar-refractivity contribution >= 4 is 27.5 Å². The van der Waals surface area contributed by atoms with E-state index in [1.54, 1.807) is 7.11 Å². The quantitative estimate of drug-likeness (QED) is 0.828. The van der Waals surface area contributed by atoms with Crippen LogP contribution in [-0.2, 0) is 9.53 Å². The highest BCUT2D eigenvalue weighted by Crippen LogP contribution is 2.24. The molecule has 0 aliphatic carbocycles. The van der Waals surface area contributed by atoms with Crippen molar-refractivity contribution in [1.82, 2.24) is 4.90 Å². The van der Waals surface area contributed by atoms with Gasteiger partial charge in [-0.1, -0.05) is 34.1 Å². The Kier molecular flexibility index (Phi) is 6.07. The fourth-order valence-corrected chi connectivity index (χ4v) is 3.28. The van der Waals surface area contributed by atoms with E-state index in [1.807, 2.05) is 36.4 Å². The topological polar surface area (TPSA) is 50.8 Å². The minimum atomic E-state index is -0.0388. The normalized spacial score (nSPS) is 17.9. The molecule has 2 aromatic rings. The molecule has 1 fully saturated rings. The van der Waals surface area contributed by atoms with Crippen molar-refractivity contribution in [2.24, 2.45) is 0 Å². The molecule has 1 unspecified atom stereocenters. The molecule has 0 radical (unpaired) electrons. The first-order chi connectivity index (χ1) is 12.1. The lowest BCUT2D eigenvalue weighted by Gasteiger charge is -2.32. The zero-order valence-electron chi connectivity index (χ0n) is 14.1. The molecular weight excluding hydrogens is 384 g/mol. The van der Waals surface area contributed by atoms with Gasteiger partial charge in [0.25, 0.3) is 0 Å². The largest absolute Gasteiger partial charge is 0.497 e. The van der Waals surface area contributed by atoms with Crippen LogP contribution in [0.15, 0.2) is 53.0 Å². The van der Waals surface area contributed by atoms with Crippen LogP contribution in [0.1, 0.15) is 11.7 Å². The molecule has 0 bridgehead atoms. The van der Waals surface area contributed by atoms with Crippen molar-refractivity contribution < 1.29 is 14.3 Å². The lowest BCUT2D eigenvalue weighted by molar-refractivity contribution is -0.119. The maximum Gasteiger partial charge on any atom is 0.238 e. The Labute approximate surface area is 156 Å². The van der Waals surface area contributed by atoms with Crippen molar-refractivity contribution in [1.29, 1.82) is 0 Å². The van der Waals surface area contributed by atoms with Crippen molar-refractivity contribution in [3.63, 3.8) is 0 Å². The van der Waals surface area contributed by atoms with Gasteiger partial charge in [0.15, 0.2) is 0 Å². The van der Waals surface area contributed by atoms with E-state index >= 15 is 0 Å². The Morgan fingerprint density at radius 3 is 2.96 bits per heavy atom. The summed E-state index contributed by atoms with van der Waals surface area (Å²) in [5.41, 5.74) is 1.86. The maximum absolute atomic E-state index is 12.3. The highest BCUT2D eigenvalue weighted by atomic mass is 79.9. The Bertz CT molecular complexity index is 738. The number of halogens is 1. The SMILES string of the molecule is COc1cccc(NC(=O)CN2CCOC(c3cccc(Br)c3)C2)c1. The fourth-order valence-electron chi connectivity index (χ4n) is 2.86. The predicted octanol–water partition coefficient (Wildman–Crippen LogP) is 3.47. The van der Waals surface area contributed by atoms with E-state index < -0.39 is 0 Å². The molecule has 3 rings (SSSR count). The van der Waals surface area contributed by atoms with Crippen LogP contribution in [0.25, 0.3) is 0 Å². The Balaban J connectivity index is 1.57. The van der Waals surface area contributed by atoms with E-state index in [2.05, 4.69) is 38.3 Å². The minimum absolute atomic E-state index is 0.0177. The van der Waals surface area contributed by atoms with E-state index in [1.165, 1.54) is 0 Å². The fraction of sp³-hybridized carbons (Fsp3) is 0.316. The number of ether oxygens (including phenoxy) is 2. The van der Waals surface area contributed by atoms with Gasteiger partial charge in [0.2, 0.25) is 5.91 Å². The lowest BCUT2D eigenvalue weighted by Crippen LogP contribution is -2.42. The summed E-state index contributed by atoms with van der Waals surface area (Å²) in [6.45, 7) is 2.40. The van der Waals surface area contributed by atoms with Crippen molar-refractivity contribution in [3.8, 4) is 5.75 Å². The number of nitrogens with zero attached hydrogens (tertiary/aromatic N) is 1. The number of anilines is 1. The standard InChI is InChI=1S/C19H21BrN2O3/c1-24-17-7-3-6-16(11-17)21-19(23)13-22-8-9-25-18(12-22)14-4-2-5-15(20)10-14/h2-7,10-11,18H,8-9,12-13H2,1H3,(H,21,23). The van der Waals surface area contributed by atoms with E-state index in [4.69, 9.17) is 9.47 Å². The van der Waals surface area contributed by atoms with Gasteiger partial charge in [0.05, 0.1) is 26.4 Å². The summed E-state index contributed by atoms with van der Waals surface area (Å²) in [5.74, 6) is 0.682. The van der Waals surface area contributed by atoms with Gasteiger partial charge in [-0.3, -0.25) is 9.69 Å². The summed E-state index contributed by atoms with van der Waals surface area (Å²) < 4.78 is 12.1. The second-order valence-electron chi connectivity index (χ2n) is 5.93. The summed E-state index contributed by atoms with van der Waals surface area (Å²) in [6.07, 6.45) is -0.0177. The van der Waals surface area contributed by atoms with Crippen LogP contribution >= 0.6 is 15.9 Å². The Hall–Kier alpha value is -1.89. The molecule has 25 heavy (non-hydrogen) atoms. The van der Waals surface area contributed by atoms with E-state index in [0.717, 1.165) is 28.0 Å². The second kappa shape index (κ2) is 8.47. The van der Waals surface area contributed by atoms with Gasteiger partial charge < -0.3 is 14.8 Å². The Morgan fingerprint density at radius 2 is 2.16 bits per heavy atom. The van der Waals surface area contributed by atoms with Gasteiger partial charge in [-0.2, -0.15) is 0 Å². The van der Waals surface area contributed by atoms with Crippen LogP contribution in [-0.4, -0.2) is 44.2 Å². The van der Waals surface area contributed by atoms with E-state index in [0.29, 0.717) is 19.7 Å². The summed E-state index contributed by atoms with van der Waals surface area (Å²) in [7, 11) is 1.61. The predicted molar refractivity (Wildman–Crippen MR) is 101 cm³/mol. The van der Waals surface area contributed by atoms with Gasteiger partial charge in [-0.15, -0.1) is 0 Å². The first-order valence-electron chi connectivity index (χ1n) is 8.17. The molecule has 5 nitrogen and oxygen atoms in total. The van der Waals surface area contributed by atoms with Crippen LogP contribution in [0.3, 0.4) is 0 Å². The Morgan fingerprint density at radius 1 is 1.32 bits per heavy atom. The van der Waals surface area contributed by atoms with Crippen LogP contribution in [0.4, 0.5) is 5.69 Å². The van der Waals surface area contributed by atoms with E-state index in [9.17, 15) is 4.79 Å². The molecule has 1 aliphatic rings. The molecule has 0 saturated carbocycles. The molecule has 1 atom stereocenters. The first kappa shape index (κ1) is 17.9. The molecule has 2 aromatic carbocycles. The molecule has 0 aromatic heterocycles. The van der Waals surface area contributed by atoms with Gasteiger partial charge in [0, 0.05) is 29.3 Å². The number of carbonyl (C=O) groups excluding carboxylic acids is 1. The number of amides is 1. The van der Waals surface area contributed by atoms with Gasteiger partial charge in [-0.25, -0.2) is 0 Å².